The Balaban J connectivity index is 1.94. The van der Waals surface area contributed by atoms with E-state index in [1.165, 1.54) is 24.8 Å². The quantitative estimate of drug-likeness (QED) is 0.783. The van der Waals surface area contributed by atoms with E-state index < -0.39 is 0 Å². The first-order valence-corrected chi connectivity index (χ1v) is 8.54. The van der Waals surface area contributed by atoms with Crippen LogP contribution in [0.25, 0.3) is 0 Å². The molecule has 0 aliphatic heterocycles. The summed E-state index contributed by atoms with van der Waals surface area (Å²) in [6.07, 6.45) is 6.01. The molecule has 1 aliphatic rings. The number of carbonyl (C=O) groups is 1. The minimum atomic E-state index is 0.0142. The van der Waals surface area contributed by atoms with E-state index >= 15 is 0 Å². The molecule has 0 bridgehead atoms. The van der Waals surface area contributed by atoms with Gasteiger partial charge in [0.25, 0.3) is 5.91 Å². The third kappa shape index (κ3) is 4.23. The fourth-order valence-corrected chi connectivity index (χ4v) is 3.41. The van der Waals surface area contributed by atoms with E-state index in [0.29, 0.717) is 18.3 Å². The summed E-state index contributed by atoms with van der Waals surface area (Å²) in [5.41, 5.74) is 2.10. The van der Waals surface area contributed by atoms with E-state index in [0.717, 1.165) is 18.4 Å². The van der Waals surface area contributed by atoms with E-state index in [2.05, 4.69) is 19.2 Å². The number of amides is 1. The lowest BCUT2D eigenvalue weighted by Gasteiger charge is -2.35. The topological polar surface area (TPSA) is 29.1 Å². The van der Waals surface area contributed by atoms with Crippen LogP contribution >= 0.6 is 11.6 Å². The van der Waals surface area contributed by atoms with Gasteiger partial charge in [-0.3, -0.25) is 4.79 Å². The number of hydrogen-bond donors (Lipinski definition) is 1. The van der Waals surface area contributed by atoms with Crippen molar-refractivity contribution in [3.05, 3.63) is 35.4 Å². The highest BCUT2D eigenvalue weighted by Gasteiger charge is 2.31. The maximum absolute atomic E-state index is 12.3. The molecule has 0 radical (unpaired) electrons. The van der Waals surface area contributed by atoms with Crippen molar-refractivity contribution in [1.29, 1.82) is 0 Å². The van der Waals surface area contributed by atoms with Crippen molar-refractivity contribution in [3.8, 4) is 0 Å². The highest BCUT2D eigenvalue weighted by Crippen LogP contribution is 2.36. The van der Waals surface area contributed by atoms with Gasteiger partial charge in [-0.1, -0.05) is 45.2 Å². The summed E-state index contributed by atoms with van der Waals surface area (Å²) in [4.78, 5) is 12.3. The molecule has 2 nitrogen and oxygen atoms in total. The zero-order chi connectivity index (χ0) is 15.3. The molecule has 3 heteroatoms. The van der Waals surface area contributed by atoms with Crippen molar-refractivity contribution in [1.82, 2.24) is 5.32 Å². The Morgan fingerprint density at radius 2 is 1.81 bits per heavy atom. The van der Waals surface area contributed by atoms with Gasteiger partial charge >= 0.3 is 0 Å². The summed E-state index contributed by atoms with van der Waals surface area (Å²) >= 11 is 6.17. The molecule has 21 heavy (non-hydrogen) atoms. The average molecular weight is 308 g/mol. The number of rotatable bonds is 5. The lowest BCUT2D eigenvalue weighted by Crippen LogP contribution is -2.40. The molecule has 0 heterocycles. The van der Waals surface area contributed by atoms with Gasteiger partial charge in [0, 0.05) is 23.4 Å². The lowest BCUT2D eigenvalue weighted by atomic mass is 9.75. The van der Waals surface area contributed by atoms with Crippen LogP contribution in [0.4, 0.5) is 0 Å². The average Bonchev–Trinajstić information content (AvgIpc) is 2.53. The minimum Gasteiger partial charge on any atom is -0.351 e. The first-order chi connectivity index (χ1) is 10.1. The van der Waals surface area contributed by atoms with Gasteiger partial charge in [-0.15, -0.1) is 11.6 Å². The summed E-state index contributed by atoms with van der Waals surface area (Å²) in [6, 6.07) is 7.91. The maximum atomic E-state index is 12.3. The Bertz CT molecular complexity index is 461. The van der Waals surface area contributed by atoms with Crippen molar-refractivity contribution in [2.24, 2.45) is 5.41 Å². The second-order valence-corrected chi connectivity index (χ2v) is 6.92. The fraction of sp³-hybridized carbons (Fsp3) is 0.611. The summed E-state index contributed by atoms with van der Waals surface area (Å²) in [7, 11) is 0. The molecular formula is C18H26ClNO. The largest absolute Gasteiger partial charge is 0.351 e. The molecule has 2 rings (SSSR count). The highest BCUT2D eigenvalue weighted by atomic mass is 35.5. The van der Waals surface area contributed by atoms with Crippen molar-refractivity contribution < 1.29 is 4.79 Å². The molecule has 0 atom stereocenters. The van der Waals surface area contributed by atoms with Gasteiger partial charge in [-0.05, 0) is 36.5 Å². The monoisotopic (exact) mass is 307 g/mol. The summed E-state index contributed by atoms with van der Waals surface area (Å²) in [5.74, 6) is 1.14. The Morgan fingerprint density at radius 3 is 2.33 bits per heavy atom. The van der Waals surface area contributed by atoms with Crippen molar-refractivity contribution in [3.63, 3.8) is 0 Å². The zero-order valence-corrected chi connectivity index (χ0v) is 13.9. The predicted molar refractivity (Wildman–Crippen MR) is 89.1 cm³/mol. The van der Waals surface area contributed by atoms with E-state index in [1.54, 1.807) is 0 Å². The van der Waals surface area contributed by atoms with Crippen LogP contribution < -0.4 is 5.32 Å². The summed E-state index contributed by atoms with van der Waals surface area (Å²) < 4.78 is 0. The molecule has 0 aromatic heterocycles. The van der Waals surface area contributed by atoms with E-state index in [4.69, 9.17) is 11.6 Å². The van der Waals surface area contributed by atoms with Gasteiger partial charge in [-0.2, -0.15) is 0 Å². The molecule has 1 N–H and O–H groups in total. The van der Waals surface area contributed by atoms with Crippen LogP contribution in [0, 0.1) is 5.41 Å². The van der Waals surface area contributed by atoms with Gasteiger partial charge in [0.1, 0.15) is 0 Å². The fourth-order valence-electron chi connectivity index (χ4n) is 3.05. The standard InChI is InChI=1S/C18H26ClNO/c1-14(2)15-6-8-16(9-7-15)17(21)20-13-18(12-19)10-4-3-5-11-18/h6-9,14H,3-5,10-13H2,1-2H3,(H,20,21). The molecule has 1 amide bonds. The Kier molecular flexibility index (Phi) is 5.69. The van der Waals surface area contributed by atoms with Crippen LogP contribution in [-0.2, 0) is 0 Å². The Labute approximate surface area is 133 Å². The number of nitrogens with one attached hydrogen (secondary N) is 1. The SMILES string of the molecule is CC(C)c1ccc(C(=O)NCC2(CCl)CCCCC2)cc1. The molecule has 1 aliphatic carbocycles. The summed E-state index contributed by atoms with van der Waals surface area (Å²) in [6.45, 7) is 5.01. The number of hydrogen-bond acceptors (Lipinski definition) is 1. The van der Waals surface area contributed by atoms with Crippen LogP contribution in [0.15, 0.2) is 24.3 Å². The second kappa shape index (κ2) is 7.31. The van der Waals surface area contributed by atoms with Crippen LogP contribution in [0.3, 0.4) is 0 Å². The molecule has 1 fully saturated rings. The third-order valence-electron chi connectivity index (χ3n) is 4.66. The number of halogens is 1. The van der Waals surface area contributed by atoms with Crippen LogP contribution in [0.2, 0.25) is 0 Å². The van der Waals surface area contributed by atoms with Crippen LogP contribution in [0.5, 0.6) is 0 Å². The van der Waals surface area contributed by atoms with Gasteiger partial charge < -0.3 is 5.32 Å². The molecule has 1 aromatic carbocycles. The first kappa shape index (κ1) is 16.4. The molecule has 1 saturated carbocycles. The normalized spacial score (nSPS) is 17.7. The van der Waals surface area contributed by atoms with Gasteiger partial charge in [-0.25, -0.2) is 0 Å². The smallest absolute Gasteiger partial charge is 0.251 e. The first-order valence-electron chi connectivity index (χ1n) is 8.00. The van der Waals surface area contributed by atoms with Gasteiger partial charge in [0.2, 0.25) is 0 Å². The van der Waals surface area contributed by atoms with Crippen molar-refractivity contribution >= 4 is 17.5 Å². The molecule has 1 aromatic rings. The number of benzene rings is 1. The number of alkyl halides is 1. The second-order valence-electron chi connectivity index (χ2n) is 6.65. The van der Waals surface area contributed by atoms with Crippen molar-refractivity contribution in [2.75, 3.05) is 12.4 Å². The highest BCUT2D eigenvalue weighted by molar-refractivity contribution is 6.18. The molecule has 0 unspecified atom stereocenters. The molecule has 116 valence electrons. The molecule has 0 saturated heterocycles. The number of carbonyl (C=O) groups excluding carboxylic acids is 1. The third-order valence-corrected chi connectivity index (χ3v) is 5.23. The van der Waals surface area contributed by atoms with E-state index in [9.17, 15) is 4.79 Å². The predicted octanol–water partition coefficient (Wildman–Crippen LogP) is 4.73. The van der Waals surface area contributed by atoms with E-state index in [-0.39, 0.29) is 11.3 Å². The molecular weight excluding hydrogens is 282 g/mol. The minimum absolute atomic E-state index is 0.0142. The van der Waals surface area contributed by atoms with Gasteiger partial charge in [0.15, 0.2) is 0 Å². The van der Waals surface area contributed by atoms with Crippen molar-refractivity contribution in [2.45, 2.75) is 51.9 Å². The van der Waals surface area contributed by atoms with Crippen LogP contribution in [0.1, 0.15) is 67.8 Å². The lowest BCUT2D eigenvalue weighted by molar-refractivity contribution is 0.0921. The Hall–Kier alpha value is -1.02. The van der Waals surface area contributed by atoms with Gasteiger partial charge in [0.05, 0.1) is 0 Å². The maximum Gasteiger partial charge on any atom is 0.251 e. The zero-order valence-electron chi connectivity index (χ0n) is 13.1. The molecule has 0 spiro atoms. The summed E-state index contributed by atoms with van der Waals surface area (Å²) in [5, 5.41) is 3.09. The Morgan fingerprint density at radius 1 is 1.19 bits per heavy atom. The van der Waals surface area contributed by atoms with E-state index in [1.807, 2.05) is 24.3 Å². The van der Waals surface area contributed by atoms with Crippen LogP contribution in [-0.4, -0.2) is 18.3 Å².